The Kier molecular flexibility index (Phi) is 2.48. The van der Waals surface area contributed by atoms with Crippen molar-refractivity contribution in [3.05, 3.63) is 53.6 Å². The molecule has 0 aliphatic heterocycles. The molecule has 0 fully saturated rings. The molecule has 3 heteroatoms. The van der Waals surface area contributed by atoms with E-state index in [2.05, 4.69) is 11.1 Å². The number of rotatable bonds is 1. The topological polar surface area (TPSA) is 38.0 Å². The van der Waals surface area contributed by atoms with Gasteiger partial charge in [0.05, 0.1) is 24.2 Å². The number of nitrogens with zero attached hydrogens (tertiary/aromatic N) is 2. The van der Waals surface area contributed by atoms with Gasteiger partial charge in [-0.15, -0.1) is 0 Å². The number of aliphatic hydroxyl groups is 1. The molecule has 0 unspecified atom stereocenters. The predicted octanol–water partition coefficient (Wildman–Crippen LogP) is 2.41. The highest BCUT2D eigenvalue weighted by atomic mass is 16.3. The third kappa shape index (κ3) is 1.76. The van der Waals surface area contributed by atoms with Crippen LogP contribution in [0.4, 0.5) is 0 Å². The summed E-state index contributed by atoms with van der Waals surface area (Å²) >= 11 is 0. The first-order valence-corrected chi connectivity index (χ1v) is 6.01. The zero-order chi connectivity index (χ0) is 11.8. The Hall–Kier alpha value is -1.61. The van der Waals surface area contributed by atoms with Crippen molar-refractivity contribution in [2.75, 3.05) is 0 Å². The number of hydrogen-bond acceptors (Lipinski definition) is 2. The lowest BCUT2D eigenvalue weighted by atomic mass is 9.86. The molecule has 0 bridgehead atoms. The summed E-state index contributed by atoms with van der Waals surface area (Å²) in [4.78, 5) is 4.23. The minimum Gasteiger partial charge on any atom is -0.386 e. The minimum absolute atomic E-state index is 0.117. The summed E-state index contributed by atoms with van der Waals surface area (Å²) in [5.74, 6) is 0. The van der Waals surface area contributed by atoms with Crippen molar-refractivity contribution in [3.63, 3.8) is 0 Å². The van der Waals surface area contributed by atoms with Crippen LogP contribution in [0.5, 0.6) is 0 Å². The van der Waals surface area contributed by atoms with E-state index >= 15 is 0 Å². The third-order valence-corrected chi connectivity index (χ3v) is 3.56. The molecule has 3 nitrogen and oxygen atoms in total. The Morgan fingerprint density at radius 3 is 2.94 bits per heavy atom. The van der Waals surface area contributed by atoms with E-state index in [-0.39, 0.29) is 6.04 Å². The maximum atomic E-state index is 10.4. The van der Waals surface area contributed by atoms with Crippen LogP contribution in [0, 0.1) is 6.92 Å². The van der Waals surface area contributed by atoms with Crippen LogP contribution < -0.4 is 0 Å². The SMILES string of the molecule is Cc1cn([C@@H]2CCc3ccccc3[C@@H]2O)cn1. The molecule has 1 aliphatic carbocycles. The highest BCUT2D eigenvalue weighted by Gasteiger charge is 2.28. The molecule has 17 heavy (non-hydrogen) atoms. The van der Waals surface area contributed by atoms with Crippen LogP contribution in [0.2, 0.25) is 0 Å². The van der Waals surface area contributed by atoms with E-state index in [1.54, 1.807) is 0 Å². The van der Waals surface area contributed by atoms with Crippen molar-refractivity contribution >= 4 is 0 Å². The maximum Gasteiger partial charge on any atom is 0.1000 e. The van der Waals surface area contributed by atoms with E-state index in [9.17, 15) is 5.11 Å². The summed E-state index contributed by atoms with van der Waals surface area (Å²) in [5, 5.41) is 10.4. The Morgan fingerprint density at radius 1 is 1.35 bits per heavy atom. The summed E-state index contributed by atoms with van der Waals surface area (Å²) in [5.41, 5.74) is 3.33. The first kappa shape index (κ1) is 10.5. The lowest BCUT2D eigenvalue weighted by Gasteiger charge is -2.30. The third-order valence-electron chi connectivity index (χ3n) is 3.56. The zero-order valence-electron chi connectivity index (χ0n) is 9.87. The van der Waals surface area contributed by atoms with E-state index in [0.717, 1.165) is 24.1 Å². The van der Waals surface area contributed by atoms with Crippen LogP contribution in [0.3, 0.4) is 0 Å². The Balaban J connectivity index is 1.96. The van der Waals surface area contributed by atoms with Crippen LogP contribution in [0.1, 0.15) is 35.4 Å². The fraction of sp³-hybridized carbons (Fsp3) is 0.357. The van der Waals surface area contributed by atoms with Gasteiger partial charge in [-0.25, -0.2) is 4.98 Å². The van der Waals surface area contributed by atoms with Gasteiger partial charge in [0, 0.05) is 6.20 Å². The Morgan fingerprint density at radius 2 is 2.18 bits per heavy atom. The zero-order valence-corrected chi connectivity index (χ0v) is 9.87. The quantitative estimate of drug-likeness (QED) is 0.814. The van der Waals surface area contributed by atoms with E-state index in [0.29, 0.717) is 0 Å². The van der Waals surface area contributed by atoms with Crippen LogP contribution in [-0.2, 0) is 6.42 Å². The molecule has 88 valence electrons. The van der Waals surface area contributed by atoms with Crippen LogP contribution in [0.15, 0.2) is 36.8 Å². The van der Waals surface area contributed by atoms with Crippen molar-refractivity contribution < 1.29 is 5.11 Å². The van der Waals surface area contributed by atoms with Gasteiger partial charge in [-0.1, -0.05) is 24.3 Å². The molecule has 1 aliphatic rings. The fourth-order valence-corrected chi connectivity index (χ4v) is 2.65. The van der Waals surface area contributed by atoms with Crippen LogP contribution >= 0.6 is 0 Å². The second-order valence-corrected chi connectivity index (χ2v) is 4.71. The monoisotopic (exact) mass is 228 g/mol. The van der Waals surface area contributed by atoms with Gasteiger partial charge in [0.1, 0.15) is 0 Å². The average molecular weight is 228 g/mol. The molecule has 2 aromatic rings. The molecule has 0 radical (unpaired) electrons. The molecule has 3 rings (SSSR count). The number of benzene rings is 1. The van der Waals surface area contributed by atoms with E-state index in [1.165, 1.54) is 5.56 Å². The molecule has 1 heterocycles. The summed E-state index contributed by atoms with van der Waals surface area (Å²) < 4.78 is 2.04. The van der Waals surface area contributed by atoms with Gasteiger partial charge in [0.25, 0.3) is 0 Å². The minimum atomic E-state index is -0.423. The molecule has 0 saturated carbocycles. The highest BCUT2D eigenvalue weighted by Crippen LogP contribution is 2.37. The van der Waals surface area contributed by atoms with E-state index in [4.69, 9.17) is 0 Å². The predicted molar refractivity (Wildman–Crippen MR) is 65.7 cm³/mol. The largest absolute Gasteiger partial charge is 0.386 e. The summed E-state index contributed by atoms with van der Waals surface area (Å²) in [6, 6.07) is 8.27. The number of imidazole rings is 1. The number of aromatic nitrogens is 2. The standard InChI is InChI=1S/C14H16N2O/c1-10-8-16(9-15-10)13-7-6-11-4-2-3-5-12(11)14(13)17/h2-5,8-9,13-14,17H,6-7H2,1H3/t13-,14+/m1/s1. The molecule has 1 aromatic heterocycles. The Bertz CT molecular complexity index is 533. The van der Waals surface area contributed by atoms with Gasteiger partial charge in [-0.3, -0.25) is 0 Å². The number of fused-ring (bicyclic) bond motifs is 1. The van der Waals surface area contributed by atoms with Crippen LogP contribution in [0.25, 0.3) is 0 Å². The summed E-state index contributed by atoms with van der Waals surface area (Å²) in [6.07, 6.45) is 5.38. The second-order valence-electron chi connectivity index (χ2n) is 4.71. The molecule has 2 atom stereocenters. The normalized spacial score (nSPS) is 23.4. The average Bonchev–Trinajstić information content (AvgIpc) is 2.77. The van der Waals surface area contributed by atoms with Gasteiger partial charge in [0.2, 0.25) is 0 Å². The van der Waals surface area contributed by atoms with Gasteiger partial charge in [-0.05, 0) is 30.9 Å². The molecular formula is C14H16N2O. The summed E-state index contributed by atoms with van der Waals surface area (Å²) in [6.45, 7) is 1.97. The number of aryl methyl sites for hydroxylation is 2. The first-order valence-electron chi connectivity index (χ1n) is 6.01. The van der Waals surface area contributed by atoms with E-state index < -0.39 is 6.10 Å². The molecule has 0 amide bonds. The summed E-state index contributed by atoms with van der Waals surface area (Å²) in [7, 11) is 0. The molecular weight excluding hydrogens is 212 g/mol. The van der Waals surface area contributed by atoms with Gasteiger partial charge < -0.3 is 9.67 Å². The van der Waals surface area contributed by atoms with Crippen molar-refractivity contribution in [2.24, 2.45) is 0 Å². The van der Waals surface area contributed by atoms with Crippen molar-refractivity contribution in [1.82, 2.24) is 9.55 Å². The molecule has 0 spiro atoms. The van der Waals surface area contributed by atoms with Crippen molar-refractivity contribution in [3.8, 4) is 0 Å². The molecule has 0 saturated heterocycles. The maximum absolute atomic E-state index is 10.4. The molecule has 1 aromatic carbocycles. The second kappa shape index (κ2) is 4.00. The van der Waals surface area contributed by atoms with E-state index in [1.807, 2.05) is 42.2 Å². The van der Waals surface area contributed by atoms with Gasteiger partial charge in [0.15, 0.2) is 0 Å². The fourth-order valence-electron chi connectivity index (χ4n) is 2.65. The lowest BCUT2D eigenvalue weighted by molar-refractivity contribution is 0.0988. The number of aliphatic hydroxyl groups excluding tert-OH is 1. The Labute approximate surface area is 101 Å². The molecule has 1 N–H and O–H groups in total. The van der Waals surface area contributed by atoms with Crippen LogP contribution in [-0.4, -0.2) is 14.7 Å². The van der Waals surface area contributed by atoms with Crippen molar-refractivity contribution in [1.29, 1.82) is 0 Å². The lowest BCUT2D eigenvalue weighted by Crippen LogP contribution is -2.23. The smallest absolute Gasteiger partial charge is 0.1000 e. The highest BCUT2D eigenvalue weighted by molar-refractivity contribution is 5.32. The van der Waals surface area contributed by atoms with Crippen molar-refractivity contribution in [2.45, 2.75) is 31.9 Å². The first-order chi connectivity index (χ1) is 8.25. The van der Waals surface area contributed by atoms with Gasteiger partial charge in [-0.2, -0.15) is 0 Å². The number of hydrogen-bond donors (Lipinski definition) is 1. The van der Waals surface area contributed by atoms with Gasteiger partial charge >= 0.3 is 0 Å².